The third-order valence-corrected chi connectivity index (χ3v) is 4.09. The summed E-state index contributed by atoms with van der Waals surface area (Å²) in [6.45, 7) is 3.39. The zero-order valence-corrected chi connectivity index (χ0v) is 11.9. The Balaban J connectivity index is 1.69. The number of nitrogens with one attached hydrogen (secondary N) is 3. The number of anilines is 1. The maximum absolute atomic E-state index is 12.4. The van der Waals surface area contributed by atoms with E-state index >= 15 is 0 Å². The fraction of sp³-hybridized carbons (Fsp3) is 0.467. The normalized spacial score (nSPS) is 25.5. The summed E-state index contributed by atoms with van der Waals surface area (Å²) in [7, 11) is 0. The topological polar surface area (TPSA) is 73.5 Å². The van der Waals surface area contributed by atoms with Crippen LogP contribution in [0, 0.1) is 5.41 Å². The van der Waals surface area contributed by atoms with Crippen LogP contribution in [0.15, 0.2) is 30.3 Å². The lowest BCUT2D eigenvalue weighted by Gasteiger charge is -2.30. The maximum Gasteiger partial charge on any atom is 0.321 e. The smallest absolute Gasteiger partial charge is 0.321 e. The maximum atomic E-state index is 12.4. The van der Waals surface area contributed by atoms with E-state index in [1.165, 1.54) is 0 Å². The lowest BCUT2D eigenvalue weighted by Crippen LogP contribution is -2.45. The van der Waals surface area contributed by atoms with E-state index < -0.39 is 0 Å². The molecule has 6 nitrogen and oxygen atoms in total. The average Bonchev–Trinajstić information content (AvgIpc) is 2.71. The van der Waals surface area contributed by atoms with E-state index in [0.717, 1.165) is 18.8 Å². The second-order valence-corrected chi connectivity index (χ2v) is 5.85. The van der Waals surface area contributed by atoms with Crippen molar-refractivity contribution in [1.29, 1.82) is 0 Å². The van der Waals surface area contributed by atoms with Crippen LogP contribution in [0.1, 0.15) is 6.42 Å². The van der Waals surface area contributed by atoms with Gasteiger partial charge >= 0.3 is 6.03 Å². The van der Waals surface area contributed by atoms with Crippen molar-refractivity contribution >= 4 is 17.6 Å². The molecular weight excluding hydrogens is 268 g/mol. The fourth-order valence-electron chi connectivity index (χ4n) is 2.99. The molecule has 1 aromatic carbocycles. The molecule has 3 amide bonds. The number of rotatable bonds is 1. The van der Waals surface area contributed by atoms with Gasteiger partial charge in [-0.1, -0.05) is 18.2 Å². The first kappa shape index (κ1) is 13.9. The van der Waals surface area contributed by atoms with E-state index in [4.69, 9.17) is 0 Å². The number of hydrogen-bond donors (Lipinski definition) is 3. The predicted molar refractivity (Wildman–Crippen MR) is 80.0 cm³/mol. The molecule has 6 heteroatoms. The number of carbonyl (C=O) groups excluding carboxylic acids is 2. The molecule has 1 atom stereocenters. The minimum atomic E-state index is -0.179. The molecule has 2 aliphatic heterocycles. The van der Waals surface area contributed by atoms with Crippen LogP contribution >= 0.6 is 0 Å². The fourth-order valence-corrected chi connectivity index (χ4v) is 2.99. The third-order valence-electron chi connectivity index (χ3n) is 4.09. The molecule has 3 N–H and O–H groups in total. The molecule has 21 heavy (non-hydrogen) atoms. The van der Waals surface area contributed by atoms with Crippen molar-refractivity contribution in [2.24, 2.45) is 5.41 Å². The summed E-state index contributed by atoms with van der Waals surface area (Å²) in [6.07, 6.45) is 0.481. The van der Waals surface area contributed by atoms with E-state index in [0.29, 0.717) is 26.1 Å². The Morgan fingerprint density at radius 3 is 2.76 bits per heavy atom. The lowest BCUT2D eigenvalue weighted by atomic mass is 9.86. The number of nitrogens with zero attached hydrogens (tertiary/aromatic N) is 1. The highest BCUT2D eigenvalue weighted by atomic mass is 16.2. The van der Waals surface area contributed by atoms with Crippen LogP contribution in [0.3, 0.4) is 0 Å². The summed E-state index contributed by atoms with van der Waals surface area (Å²) in [5, 5.41) is 9.13. The molecule has 112 valence electrons. The van der Waals surface area contributed by atoms with Crippen molar-refractivity contribution < 1.29 is 9.59 Å². The molecule has 0 unspecified atom stereocenters. The van der Waals surface area contributed by atoms with E-state index in [2.05, 4.69) is 16.0 Å². The highest BCUT2D eigenvalue weighted by molar-refractivity contribution is 5.89. The monoisotopic (exact) mass is 288 g/mol. The van der Waals surface area contributed by atoms with Gasteiger partial charge in [-0.05, 0) is 12.1 Å². The molecule has 2 heterocycles. The van der Waals surface area contributed by atoms with E-state index in [1.54, 1.807) is 4.90 Å². The summed E-state index contributed by atoms with van der Waals surface area (Å²) >= 11 is 0. The van der Waals surface area contributed by atoms with Gasteiger partial charge in [-0.25, -0.2) is 4.79 Å². The molecule has 1 spiro atoms. The van der Waals surface area contributed by atoms with Crippen LogP contribution in [-0.2, 0) is 4.79 Å². The van der Waals surface area contributed by atoms with Crippen molar-refractivity contribution in [3.63, 3.8) is 0 Å². The molecule has 0 radical (unpaired) electrons. The zero-order valence-electron chi connectivity index (χ0n) is 11.9. The molecule has 1 aromatic rings. The molecule has 2 fully saturated rings. The summed E-state index contributed by atoms with van der Waals surface area (Å²) < 4.78 is 0. The molecule has 0 bridgehead atoms. The highest BCUT2D eigenvalue weighted by Crippen LogP contribution is 2.28. The Bertz CT molecular complexity index is 534. The Morgan fingerprint density at radius 2 is 2.05 bits per heavy atom. The van der Waals surface area contributed by atoms with Crippen LogP contribution in [-0.4, -0.2) is 49.6 Å². The van der Waals surface area contributed by atoms with Crippen LogP contribution in [0.4, 0.5) is 10.5 Å². The van der Waals surface area contributed by atoms with Gasteiger partial charge in [0.05, 0.1) is 0 Å². The molecule has 3 rings (SSSR count). The van der Waals surface area contributed by atoms with Crippen molar-refractivity contribution in [1.82, 2.24) is 15.5 Å². The van der Waals surface area contributed by atoms with Gasteiger partial charge in [-0.3, -0.25) is 4.79 Å². The predicted octanol–water partition coefficient (Wildman–Crippen LogP) is 0.630. The quantitative estimate of drug-likeness (QED) is 0.709. The summed E-state index contributed by atoms with van der Waals surface area (Å²) in [6, 6.07) is 9.32. The Hall–Kier alpha value is -2.08. The van der Waals surface area contributed by atoms with Crippen LogP contribution < -0.4 is 16.0 Å². The summed E-state index contributed by atoms with van der Waals surface area (Å²) in [5.41, 5.74) is 0.608. The molecule has 0 saturated carbocycles. The number of carbonyl (C=O) groups is 2. The SMILES string of the molecule is O=C1C[C@@]2(CNCCN(C(=O)Nc3ccccc3)C2)CN1. The standard InChI is InChI=1S/C15H20N4O2/c20-13-8-15(10-17-13)9-16-6-7-19(11-15)14(21)18-12-4-2-1-3-5-12/h1-5,16H,6-11H2,(H,17,20)(H,18,21)/t15-/m1/s1. The van der Waals surface area contributed by atoms with Gasteiger partial charge in [0.2, 0.25) is 5.91 Å². The first-order valence-electron chi connectivity index (χ1n) is 7.25. The second kappa shape index (κ2) is 5.73. The number of hydrogen-bond acceptors (Lipinski definition) is 3. The van der Waals surface area contributed by atoms with Gasteiger partial charge in [0.25, 0.3) is 0 Å². The van der Waals surface area contributed by atoms with E-state index in [9.17, 15) is 9.59 Å². The minimum Gasteiger partial charge on any atom is -0.355 e. The molecular formula is C15H20N4O2. The number of para-hydroxylation sites is 1. The molecule has 2 aliphatic rings. The number of urea groups is 1. The first-order chi connectivity index (χ1) is 10.2. The van der Waals surface area contributed by atoms with Crippen LogP contribution in [0.25, 0.3) is 0 Å². The Morgan fingerprint density at radius 1 is 1.24 bits per heavy atom. The zero-order chi connectivity index (χ0) is 14.7. The largest absolute Gasteiger partial charge is 0.355 e. The van der Waals surface area contributed by atoms with Gasteiger partial charge in [-0.15, -0.1) is 0 Å². The first-order valence-corrected chi connectivity index (χ1v) is 7.25. The molecule has 2 saturated heterocycles. The van der Waals surface area contributed by atoms with Crippen molar-refractivity contribution in [3.8, 4) is 0 Å². The van der Waals surface area contributed by atoms with Gasteiger partial charge < -0.3 is 20.9 Å². The van der Waals surface area contributed by atoms with Crippen LogP contribution in [0.2, 0.25) is 0 Å². The van der Waals surface area contributed by atoms with Gasteiger partial charge in [0.15, 0.2) is 0 Å². The van der Waals surface area contributed by atoms with Crippen molar-refractivity contribution in [2.75, 3.05) is 38.0 Å². The summed E-state index contributed by atoms with van der Waals surface area (Å²) in [5.74, 6) is 0.0714. The third kappa shape index (κ3) is 3.16. The van der Waals surface area contributed by atoms with Crippen molar-refractivity contribution in [3.05, 3.63) is 30.3 Å². The number of benzene rings is 1. The highest BCUT2D eigenvalue weighted by Gasteiger charge is 2.41. The average molecular weight is 288 g/mol. The molecule has 0 aromatic heterocycles. The van der Waals surface area contributed by atoms with Crippen molar-refractivity contribution in [2.45, 2.75) is 6.42 Å². The minimum absolute atomic E-state index is 0.0714. The Kier molecular flexibility index (Phi) is 3.79. The number of amides is 3. The second-order valence-electron chi connectivity index (χ2n) is 5.85. The van der Waals surface area contributed by atoms with Crippen LogP contribution in [0.5, 0.6) is 0 Å². The van der Waals surface area contributed by atoms with E-state index in [-0.39, 0.29) is 17.4 Å². The van der Waals surface area contributed by atoms with E-state index in [1.807, 2.05) is 30.3 Å². The Labute approximate surface area is 123 Å². The lowest BCUT2D eigenvalue weighted by molar-refractivity contribution is -0.119. The van der Waals surface area contributed by atoms with Gasteiger partial charge in [0, 0.05) is 50.2 Å². The molecule has 0 aliphatic carbocycles. The van der Waals surface area contributed by atoms with Gasteiger partial charge in [-0.2, -0.15) is 0 Å². The summed E-state index contributed by atoms with van der Waals surface area (Å²) in [4.78, 5) is 25.8. The van der Waals surface area contributed by atoms with Gasteiger partial charge in [0.1, 0.15) is 0 Å².